The number of pyridine rings is 1. The zero-order chi connectivity index (χ0) is 38.2. The molecule has 4 aromatic heterocycles. The van der Waals surface area contributed by atoms with E-state index in [2.05, 4.69) is 146 Å². The molecule has 12 rings (SSSR count). The highest BCUT2D eigenvalue weighted by atomic mass is 32.1. The second-order valence-corrected chi connectivity index (χ2v) is 15.6. The Balaban J connectivity index is 1.12. The zero-order valence-electron chi connectivity index (χ0n) is 30.9. The molecule has 5 nitrogen and oxygen atoms in total. The molecule has 0 radical (unpaired) electrons. The van der Waals surface area contributed by atoms with E-state index in [0.717, 1.165) is 87.4 Å². The van der Waals surface area contributed by atoms with Gasteiger partial charge in [-0.1, -0.05) is 146 Å². The van der Waals surface area contributed by atoms with Gasteiger partial charge in [0.1, 0.15) is 11.2 Å². The third-order valence-electron chi connectivity index (χ3n) is 11.1. The molecule has 270 valence electrons. The van der Waals surface area contributed by atoms with E-state index in [1.165, 1.54) is 15.5 Å². The van der Waals surface area contributed by atoms with E-state index in [0.29, 0.717) is 17.5 Å². The van der Waals surface area contributed by atoms with Crippen LogP contribution in [0.3, 0.4) is 0 Å². The molecule has 0 saturated heterocycles. The van der Waals surface area contributed by atoms with Crippen molar-refractivity contribution in [2.75, 3.05) is 0 Å². The first-order valence-corrected chi connectivity index (χ1v) is 20.1. The van der Waals surface area contributed by atoms with Gasteiger partial charge in [0.15, 0.2) is 17.5 Å². The molecule has 0 fully saturated rings. The Morgan fingerprint density at radius 1 is 0.362 bits per heavy atom. The van der Waals surface area contributed by atoms with Gasteiger partial charge in [-0.05, 0) is 47.5 Å². The maximum absolute atomic E-state index is 6.34. The summed E-state index contributed by atoms with van der Waals surface area (Å²) in [4.78, 5) is 21.0. The monoisotopic (exact) mass is 758 g/mol. The highest BCUT2D eigenvalue weighted by Crippen LogP contribution is 2.46. The fraction of sp³-hybridized carbons (Fsp3) is 0. The highest BCUT2D eigenvalue weighted by Gasteiger charge is 2.21. The fourth-order valence-corrected chi connectivity index (χ4v) is 9.70. The molecule has 0 saturated carbocycles. The lowest BCUT2D eigenvalue weighted by molar-refractivity contribution is 0.669. The Labute approximate surface area is 336 Å². The van der Waals surface area contributed by atoms with Gasteiger partial charge in [-0.15, -0.1) is 11.3 Å². The Morgan fingerprint density at radius 2 is 0.983 bits per heavy atom. The normalized spacial score (nSPS) is 11.8. The van der Waals surface area contributed by atoms with Gasteiger partial charge in [-0.25, -0.2) is 19.9 Å². The Bertz CT molecular complexity index is 3570. The van der Waals surface area contributed by atoms with Gasteiger partial charge in [0.2, 0.25) is 0 Å². The lowest BCUT2D eigenvalue weighted by Gasteiger charge is -2.12. The van der Waals surface area contributed by atoms with Crippen molar-refractivity contribution in [2.24, 2.45) is 0 Å². The first kappa shape index (κ1) is 32.7. The standard InChI is InChI=1S/C52H30N4OS/c1-3-14-31(15-4-1)34-18-7-8-20-37(34)51-54-50(33-26-27-36-35-19-10-12-25-43(35)57-44(36)30-33)55-52(56-51)41-23-13-22-40-47-45(58-49(40)41)29-28-39-46(47)38-21-9-11-24-42(38)53-48(39)32-16-5-2-6-17-32/h1-30H. The van der Waals surface area contributed by atoms with Crippen molar-refractivity contribution in [3.63, 3.8) is 0 Å². The van der Waals surface area contributed by atoms with Gasteiger partial charge >= 0.3 is 0 Å². The van der Waals surface area contributed by atoms with Crippen LogP contribution in [0.1, 0.15) is 0 Å². The lowest BCUT2D eigenvalue weighted by atomic mass is 9.96. The molecule has 0 N–H and O–H groups in total. The van der Waals surface area contributed by atoms with Crippen molar-refractivity contribution >= 4 is 75.1 Å². The summed E-state index contributed by atoms with van der Waals surface area (Å²) >= 11 is 1.78. The van der Waals surface area contributed by atoms with Crippen LogP contribution in [0.5, 0.6) is 0 Å². The molecule has 0 aliphatic heterocycles. The van der Waals surface area contributed by atoms with E-state index in [4.69, 9.17) is 24.4 Å². The third-order valence-corrected chi connectivity index (χ3v) is 12.3. The number of para-hydroxylation sites is 2. The molecular weight excluding hydrogens is 729 g/mol. The van der Waals surface area contributed by atoms with Crippen LogP contribution in [-0.2, 0) is 0 Å². The minimum atomic E-state index is 0.582. The predicted octanol–water partition coefficient (Wildman–Crippen LogP) is 14.2. The fourth-order valence-electron chi connectivity index (χ4n) is 8.48. The average molecular weight is 759 g/mol. The van der Waals surface area contributed by atoms with Crippen LogP contribution in [-0.4, -0.2) is 19.9 Å². The van der Waals surface area contributed by atoms with Crippen LogP contribution in [0.2, 0.25) is 0 Å². The van der Waals surface area contributed by atoms with Crippen LogP contribution in [0.25, 0.3) is 120 Å². The van der Waals surface area contributed by atoms with Gasteiger partial charge in [0.05, 0.1) is 11.2 Å². The van der Waals surface area contributed by atoms with Gasteiger partial charge < -0.3 is 4.42 Å². The van der Waals surface area contributed by atoms with Crippen molar-refractivity contribution in [3.05, 3.63) is 182 Å². The van der Waals surface area contributed by atoms with Crippen LogP contribution >= 0.6 is 11.3 Å². The smallest absolute Gasteiger partial charge is 0.165 e. The van der Waals surface area contributed by atoms with Crippen molar-refractivity contribution < 1.29 is 4.42 Å². The van der Waals surface area contributed by atoms with Crippen molar-refractivity contribution in [1.29, 1.82) is 0 Å². The summed E-state index contributed by atoms with van der Waals surface area (Å²) in [6.07, 6.45) is 0. The Hall–Kier alpha value is -7.54. The number of fused-ring (bicyclic) bond motifs is 10. The van der Waals surface area contributed by atoms with Crippen molar-refractivity contribution in [2.45, 2.75) is 0 Å². The highest BCUT2D eigenvalue weighted by molar-refractivity contribution is 7.26. The number of hydrogen-bond donors (Lipinski definition) is 0. The summed E-state index contributed by atoms with van der Waals surface area (Å²) in [6.45, 7) is 0. The molecule has 0 unspecified atom stereocenters. The first-order chi connectivity index (χ1) is 28.7. The molecule has 0 spiro atoms. The molecule has 0 aliphatic carbocycles. The van der Waals surface area contributed by atoms with Crippen LogP contribution in [0, 0.1) is 0 Å². The summed E-state index contributed by atoms with van der Waals surface area (Å²) in [5.41, 5.74) is 9.61. The number of benzene rings is 8. The van der Waals surface area contributed by atoms with Crippen molar-refractivity contribution in [3.8, 4) is 56.5 Å². The van der Waals surface area contributed by atoms with E-state index >= 15 is 0 Å². The Kier molecular flexibility index (Phi) is 7.33. The molecule has 58 heavy (non-hydrogen) atoms. The summed E-state index contributed by atoms with van der Waals surface area (Å²) in [5, 5.41) is 8.00. The van der Waals surface area contributed by atoms with E-state index in [1.807, 2.05) is 36.4 Å². The van der Waals surface area contributed by atoms with Gasteiger partial charge in [0, 0.05) is 69.4 Å². The summed E-state index contributed by atoms with van der Waals surface area (Å²) in [6, 6.07) is 63.1. The SMILES string of the molecule is c1ccc(-c2ccccc2-c2nc(-c3ccc4c(c3)oc3ccccc34)nc(-c3cccc4c3sc3ccc5c(-c6ccccc6)nc6ccccc6c5c34)n2)cc1. The minimum Gasteiger partial charge on any atom is -0.456 e. The number of nitrogens with zero attached hydrogens (tertiary/aromatic N) is 4. The molecular formula is C52H30N4OS. The second kappa shape index (κ2) is 13.0. The minimum absolute atomic E-state index is 0.582. The predicted molar refractivity (Wildman–Crippen MR) is 240 cm³/mol. The quantitative estimate of drug-likeness (QED) is 0.164. The second-order valence-electron chi connectivity index (χ2n) is 14.5. The maximum Gasteiger partial charge on any atom is 0.165 e. The van der Waals surface area contributed by atoms with Gasteiger partial charge in [0.25, 0.3) is 0 Å². The number of hydrogen-bond acceptors (Lipinski definition) is 6. The average Bonchev–Trinajstić information content (AvgIpc) is 3.87. The summed E-state index contributed by atoms with van der Waals surface area (Å²) < 4.78 is 8.66. The molecule has 8 aromatic carbocycles. The molecule has 0 amide bonds. The molecule has 0 aliphatic rings. The number of rotatable bonds is 5. The topological polar surface area (TPSA) is 64.7 Å². The molecule has 0 atom stereocenters. The summed E-state index contributed by atoms with van der Waals surface area (Å²) in [7, 11) is 0. The molecule has 6 heteroatoms. The maximum atomic E-state index is 6.34. The van der Waals surface area contributed by atoms with Crippen LogP contribution < -0.4 is 0 Å². The molecule has 4 heterocycles. The van der Waals surface area contributed by atoms with E-state index in [9.17, 15) is 0 Å². The lowest BCUT2D eigenvalue weighted by Crippen LogP contribution is -2.01. The largest absolute Gasteiger partial charge is 0.456 e. The van der Waals surface area contributed by atoms with E-state index in [1.54, 1.807) is 11.3 Å². The molecule has 0 bridgehead atoms. The van der Waals surface area contributed by atoms with Gasteiger partial charge in [-0.3, -0.25) is 0 Å². The van der Waals surface area contributed by atoms with Crippen LogP contribution in [0.15, 0.2) is 186 Å². The van der Waals surface area contributed by atoms with Crippen LogP contribution in [0.4, 0.5) is 0 Å². The number of thiophene rings is 1. The van der Waals surface area contributed by atoms with Gasteiger partial charge in [-0.2, -0.15) is 0 Å². The number of furan rings is 1. The zero-order valence-corrected chi connectivity index (χ0v) is 31.7. The summed E-state index contributed by atoms with van der Waals surface area (Å²) in [5.74, 6) is 1.81. The van der Waals surface area contributed by atoms with E-state index in [-0.39, 0.29) is 0 Å². The van der Waals surface area contributed by atoms with E-state index < -0.39 is 0 Å². The third kappa shape index (κ3) is 5.16. The Morgan fingerprint density at radius 3 is 1.83 bits per heavy atom. The molecule has 12 aromatic rings. The number of aromatic nitrogens is 4. The van der Waals surface area contributed by atoms with Crippen molar-refractivity contribution in [1.82, 2.24) is 19.9 Å². The first-order valence-electron chi connectivity index (χ1n) is 19.3.